The second-order valence-electron chi connectivity index (χ2n) is 7.40. The van der Waals surface area contributed by atoms with Crippen molar-refractivity contribution in [1.29, 1.82) is 0 Å². The lowest BCUT2D eigenvalue weighted by Gasteiger charge is -2.34. The van der Waals surface area contributed by atoms with E-state index in [1.54, 1.807) is 0 Å². The molecule has 1 aliphatic carbocycles. The fourth-order valence-corrected chi connectivity index (χ4v) is 4.36. The van der Waals surface area contributed by atoms with Crippen molar-refractivity contribution in [3.63, 3.8) is 0 Å². The topological polar surface area (TPSA) is 38.1 Å². The number of halogens is 1. The minimum absolute atomic E-state index is 0.00592. The highest BCUT2D eigenvalue weighted by Crippen LogP contribution is 2.27. The highest BCUT2D eigenvalue weighted by atomic mass is 35.5. The summed E-state index contributed by atoms with van der Waals surface area (Å²) in [5.74, 6) is 0.00619. The Labute approximate surface area is 164 Å². The minimum atomic E-state index is -0.00592. The summed E-state index contributed by atoms with van der Waals surface area (Å²) in [6.07, 6.45) is 4.79. The number of nitrogens with zero attached hydrogens (tertiary/aromatic N) is 3. The van der Waals surface area contributed by atoms with Crippen molar-refractivity contribution in [1.82, 2.24) is 14.7 Å². The van der Waals surface area contributed by atoms with Gasteiger partial charge in [-0.05, 0) is 47.2 Å². The van der Waals surface area contributed by atoms with E-state index >= 15 is 0 Å². The molecular formula is C22H24ClN3O. The Kier molecular flexibility index (Phi) is 4.92. The molecule has 1 amide bonds. The van der Waals surface area contributed by atoms with Crippen LogP contribution in [-0.2, 0) is 31.2 Å². The molecule has 0 N–H and O–H groups in total. The number of alkyl halides is 1. The molecule has 27 heavy (non-hydrogen) atoms. The molecule has 1 heterocycles. The second-order valence-corrected chi connectivity index (χ2v) is 7.66. The van der Waals surface area contributed by atoms with Crippen LogP contribution >= 0.6 is 11.6 Å². The first-order valence-corrected chi connectivity index (χ1v) is 9.94. The fraction of sp³-hybridized carbons (Fsp3) is 0.364. The number of carbonyl (C=O) groups excluding carboxylic acids is 1. The van der Waals surface area contributed by atoms with Crippen molar-refractivity contribution in [3.8, 4) is 0 Å². The molecule has 2 aromatic carbocycles. The summed E-state index contributed by atoms with van der Waals surface area (Å²) in [7, 11) is 1.95. The predicted octanol–water partition coefficient (Wildman–Crippen LogP) is 4.01. The Morgan fingerprint density at radius 3 is 2.93 bits per heavy atom. The third kappa shape index (κ3) is 3.46. The summed E-state index contributed by atoms with van der Waals surface area (Å²) in [5.41, 5.74) is 4.82. The van der Waals surface area contributed by atoms with E-state index in [9.17, 15) is 4.79 Å². The molecular weight excluding hydrogens is 358 g/mol. The number of carbonyl (C=O) groups is 1. The van der Waals surface area contributed by atoms with E-state index in [1.165, 1.54) is 27.5 Å². The van der Waals surface area contributed by atoms with Crippen LogP contribution in [0.3, 0.4) is 0 Å². The fourth-order valence-electron chi connectivity index (χ4n) is 4.20. The first-order chi connectivity index (χ1) is 13.1. The predicted molar refractivity (Wildman–Crippen MR) is 109 cm³/mol. The third-order valence-corrected chi connectivity index (χ3v) is 5.92. The maximum Gasteiger partial charge on any atom is 0.238 e. The van der Waals surface area contributed by atoms with Crippen LogP contribution in [0.15, 0.2) is 42.6 Å². The van der Waals surface area contributed by atoms with Gasteiger partial charge < -0.3 is 4.90 Å². The molecule has 3 aromatic rings. The first-order valence-electron chi connectivity index (χ1n) is 9.41. The van der Waals surface area contributed by atoms with E-state index in [-0.39, 0.29) is 17.8 Å². The number of benzene rings is 2. The Balaban J connectivity index is 1.64. The number of aromatic nitrogens is 2. The standard InChI is InChI=1S/C22H24ClN3O/c1-15-17(8-7-16-5-3-4-6-20(15)16)14-26(22(27)12-23)19-10-9-18-13-25(2)24-21(18)11-19/h3-8,13,19H,9-12,14H2,1-2H3. The van der Waals surface area contributed by atoms with Gasteiger partial charge in [-0.25, -0.2) is 0 Å². The molecule has 140 valence electrons. The molecule has 0 bridgehead atoms. The van der Waals surface area contributed by atoms with Gasteiger partial charge in [-0.15, -0.1) is 11.6 Å². The van der Waals surface area contributed by atoms with Gasteiger partial charge in [-0.3, -0.25) is 9.48 Å². The number of fused-ring (bicyclic) bond motifs is 2. The van der Waals surface area contributed by atoms with Gasteiger partial charge in [0.2, 0.25) is 5.91 Å². The molecule has 4 nitrogen and oxygen atoms in total. The SMILES string of the molecule is Cc1c(CN(C(=O)CCl)C2CCc3cn(C)nc3C2)ccc2ccccc12. The zero-order chi connectivity index (χ0) is 19.0. The summed E-state index contributed by atoms with van der Waals surface area (Å²) in [6, 6.07) is 12.8. The molecule has 0 saturated carbocycles. The summed E-state index contributed by atoms with van der Waals surface area (Å²) < 4.78 is 1.87. The highest BCUT2D eigenvalue weighted by molar-refractivity contribution is 6.27. The van der Waals surface area contributed by atoms with E-state index < -0.39 is 0 Å². The maximum absolute atomic E-state index is 12.7. The maximum atomic E-state index is 12.7. The van der Waals surface area contributed by atoms with Crippen LogP contribution in [-0.4, -0.2) is 32.5 Å². The quantitative estimate of drug-likeness (QED) is 0.640. The normalized spacial score (nSPS) is 16.3. The molecule has 0 radical (unpaired) electrons. The number of rotatable bonds is 4. The van der Waals surface area contributed by atoms with Gasteiger partial charge in [0.1, 0.15) is 5.88 Å². The summed E-state index contributed by atoms with van der Waals surface area (Å²) in [6.45, 7) is 2.73. The van der Waals surface area contributed by atoms with E-state index in [0.29, 0.717) is 6.54 Å². The number of hydrogen-bond donors (Lipinski definition) is 0. The lowest BCUT2D eigenvalue weighted by Crippen LogP contribution is -2.43. The average Bonchev–Trinajstić information content (AvgIpc) is 3.06. The van der Waals surface area contributed by atoms with Crippen molar-refractivity contribution in [2.45, 2.75) is 38.8 Å². The molecule has 0 spiro atoms. The highest BCUT2D eigenvalue weighted by Gasteiger charge is 2.29. The van der Waals surface area contributed by atoms with Crippen LogP contribution in [0.4, 0.5) is 0 Å². The largest absolute Gasteiger partial charge is 0.334 e. The Morgan fingerprint density at radius 1 is 1.30 bits per heavy atom. The molecule has 1 atom stereocenters. The summed E-state index contributed by atoms with van der Waals surface area (Å²) in [4.78, 5) is 14.6. The van der Waals surface area contributed by atoms with E-state index in [4.69, 9.17) is 11.6 Å². The van der Waals surface area contributed by atoms with Crippen molar-refractivity contribution in [2.24, 2.45) is 7.05 Å². The number of aryl methyl sites for hydroxylation is 3. The van der Waals surface area contributed by atoms with Crippen LogP contribution in [0.1, 0.15) is 28.8 Å². The van der Waals surface area contributed by atoms with Crippen LogP contribution < -0.4 is 0 Å². The Bertz CT molecular complexity index is 994. The van der Waals surface area contributed by atoms with Crippen molar-refractivity contribution < 1.29 is 4.79 Å². The molecule has 1 aliphatic rings. The number of amides is 1. The summed E-state index contributed by atoms with van der Waals surface area (Å²) in [5, 5.41) is 7.05. The van der Waals surface area contributed by atoms with Gasteiger partial charge in [-0.1, -0.05) is 36.4 Å². The number of hydrogen-bond acceptors (Lipinski definition) is 2. The zero-order valence-corrected chi connectivity index (χ0v) is 16.5. The monoisotopic (exact) mass is 381 g/mol. The summed E-state index contributed by atoms with van der Waals surface area (Å²) >= 11 is 5.96. The Morgan fingerprint density at radius 2 is 2.11 bits per heavy atom. The van der Waals surface area contributed by atoms with Crippen LogP contribution in [0.5, 0.6) is 0 Å². The zero-order valence-electron chi connectivity index (χ0n) is 15.8. The lowest BCUT2D eigenvalue weighted by atomic mass is 9.91. The van der Waals surface area contributed by atoms with Crippen LogP contribution in [0.2, 0.25) is 0 Å². The lowest BCUT2D eigenvalue weighted by molar-refractivity contribution is -0.131. The van der Waals surface area contributed by atoms with E-state index in [1.807, 2.05) is 16.6 Å². The van der Waals surface area contributed by atoms with Crippen molar-refractivity contribution in [2.75, 3.05) is 5.88 Å². The molecule has 1 aromatic heterocycles. The van der Waals surface area contributed by atoms with Crippen LogP contribution in [0, 0.1) is 6.92 Å². The second kappa shape index (κ2) is 7.35. The van der Waals surface area contributed by atoms with Gasteiger partial charge in [0.25, 0.3) is 0 Å². The Hall–Kier alpha value is -2.33. The van der Waals surface area contributed by atoms with E-state index in [2.05, 4.69) is 54.6 Å². The molecule has 1 unspecified atom stereocenters. The average molecular weight is 382 g/mol. The minimum Gasteiger partial charge on any atom is -0.334 e. The van der Waals surface area contributed by atoms with Gasteiger partial charge in [0.05, 0.1) is 5.69 Å². The van der Waals surface area contributed by atoms with Crippen molar-refractivity contribution >= 4 is 28.3 Å². The first kappa shape index (κ1) is 18.1. The van der Waals surface area contributed by atoms with Crippen molar-refractivity contribution in [3.05, 3.63) is 65.0 Å². The molecule has 0 saturated heterocycles. The van der Waals surface area contributed by atoms with Gasteiger partial charge in [0, 0.05) is 32.3 Å². The van der Waals surface area contributed by atoms with Gasteiger partial charge in [0.15, 0.2) is 0 Å². The molecule has 0 aliphatic heterocycles. The molecule has 4 rings (SSSR count). The molecule has 5 heteroatoms. The molecule has 0 fully saturated rings. The third-order valence-electron chi connectivity index (χ3n) is 5.69. The van der Waals surface area contributed by atoms with E-state index in [0.717, 1.165) is 25.0 Å². The van der Waals surface area contributed by atoms with Gasteiger partial charge >= 0.3 is 0 Å². The van der Waals surface area contributed by atoms with Crippen LogP contribution in [0.25, 0.3) is 10.8 Å². The van der Waals surface area contributed by atoms with Gasteiger partial charge in [-0.2, -0.15) is 5.10 Å². The smallest absolute Gasteiger partial charge is 0.238 e.